The number of ether oxygens (including phenoxy) is 1. The summed E-state index contributed by atoms with van der Waals surface area (Å²) in [4.78, 5) is 7.34. The predicted octanol–water partition coefficient (Wildman–Crippen LogP) is 0.699. The number of morpholine rings is 1. The quantitative estimate of drug-likeness (QED) is 0.625. The summed E-state index contributed by atoms with van der Waals surface area (Å²) in [5.41, 5.74) is 0. The lowest BCUT2D eigenvalue weighted by molar-refractivity contribution is 0.0712. The van der Waals surface area contributed by atoms with Crippen LogP contribution in [0.5, 0.6) is 0 Å². The first kappa shape index (κ1) is 13.5. The Morgan fingerprint density at radius 2 is 2.56 bits per heavy atom. The maximum absolute atomic E-state index is 5.45. The van der Waals surface area contributed by atoms with E-state index in [1.807, 2.05) is 6.20 Å². The Hall–Kier alpha value is -0.910. The number of hydrogen-bond acceptors (Lipinski definition) is 4. The van der Waals surface area contributed by atoms with Crippen molar-refractivity contribution in [1.29, 1.82) is 0 Å². The van der Waals surface area contributed by atoms with Crippen molar-refractivity contribution in [2.45, 2.75) is 38.3 Å². The molecule has 0 radical (unpaired) electrons. The molecule has 0 spiro atoms. The minimum Gasteiger partial charge on any atom is -0.379 e. The standard InChI is InChI=1S/C13H24N4O/c1-11(9-12-10-18-8-7-15-12)14-4-2-3-13-16-5-6-17-13/h5-6,11-12,14-15H,2-4,7-10H2,1H3,(H,16,17). The molecule has 0 bridgehead atoms. The van der Waals surface area contributed by atoms with Crippen molar-refractivity contribution in [1.82, 2.24) is 20.6 Å². The van der Waals surface area contributed by atoms with Crippen molar-refractivity contribution >= 4 is 0 Å². The van der Waals surface area contributed by atoms with E-state index < -0.39 is 0 Å². The number of hydrogen-bond donors (Lipinski definition) is 3. The Morgan fingerprint density at radius 1 is 1.61 bits per heavy atom. The molecule has 0 aliphatic carbocycles. The molecule has 18 heavy (non-hydrogen) atoms. The van der Waals surface area contributed by atoms with Gasteiger partial charge in [0, 0.05) is 37.4 Å². The van der Waals surface area contributed by atoms with E-state index in [-0.39, 0.29) is 0 Å². The Labute approximate surface area is 109 Å². The van der Waals surface area contributed by atoms with Crippen molar-refractivity contribution in [3.8, 4) is 0 Å². The molecule has 1 aromatic rings. The fourth-order valence-electron chi connectivity index (χ4n) is 2.32. The molecule has 1 fully saturated rings. The second-order valence-corrected chi connectivity index (χ2v) is 4.96. The summed E-state index contributed by atoms with van der Waals surface area (Å²) in [6.45, 7) is 5.95. The summed E-state index contributed by atoms with van der Waals surface area (Å²) in [7, 11) is 0. The molecule has 1 saturated heterocycles. The summed E-state index contributed by atoms with van der Waals surface area (Å²) in [6, 6.07) is 1.03. The fourth-order valence-corrected chi connectivity index (χ4v) is 2.32. The number of rotatable bonds is 7. The van der Waals surface area contributed by atoms with Gasteiger partial charge in [-0.15, -0.1) is 0 Å². The maximum atomic E-state index is 5.45. The number of H-pyrrole nitrogens is 1. The van der Waals surface area contributed by atoms with Gasteiger partial charge in [-0.3, -0.25) is 0 Å². The van der Waals surface area contributed by atoms with Crippen LogP contribution in [-0.2, 0) is 11.2 Å². The van der Waals surface area contributed by atoms with E-state index in [4.69, 9.17) is 4.74 Å². The number of aromatic nitrogens is 2. The molecule has 1 aliphatic heterocycles. The number of nitrogens with one attached hydrogen (secondary N) is 3. The van der Waals surface area contributed by atoms with Crippen LogP contribution in [0.15, 0.2) is 12.4 Å². The summed E-state index contributed by atoms with van der Waals surface area (Å²) in [5.74, 6) is 1.08. The van der Waals surface area contributed by atoms with Gasteiger partial charge in [0.1, 0.15) is 5.82 Å². The number of imidazole rings is 1. The fraction of sp³-hybridized carbons (Fsp3) is 0.769. The largest absolute Gasteiger partial charge is 0.379 e. The molecule has 3 N–H and O–H groups in total. The van der Waals surface area contributed by atoms with Gasteiger partial charge in [0.2, 0.25) is 0 Å². The zero-order valence-corrected chi connectivity index (χ0v) is 11.1. The van der Waals surface area contributed by atoms with Gasteiger partial charge in [-0.05, 0) is 26.3 Å². The van der Waals surface area contributed by atoms with E-state index >= 15 is 0 Å². The van der Waals surface area contributed by atoms with Crippen LogP contribution in [0, 0.1) is 0 Å². The lowest BCUT2D eigenvalue weighted by Gasteiger charge is -2.26. The minimum atomic E-state index is 0.506. The molecular weight excluding hydrogens is 228 g/mol. The summed E-state index contributed by atoms with van der Waals surface area (Å²) < 4.78 is 5.45. The first-order chi connectivity index (χ1) is 8.84. The van der Waals surface area contributed by atoms with Crippen LogP contribution in [0.1, 0.15) is 25.6 Å². The molecule has 1 aliphatic rings. The average molecular weight is 252 g/mol. The molecule has 5 nitrogen and oxygen atoms in total. The van der Waals surface area contributed by atoms with E-state index in [1.165, 1.54) is 0 Å². The van der Waals surface area contributed by atoms with E-state index in [2.05, 4.69) is 27.5 Å². The topological polar surface area (TPSA) is 62.0 Å². The van der Waals surface area contributed by atoms with Crippen molar-refractivity contribution in [3.05, 3.63) is 18.2 Å². The maximum Gasteiger partial charge on any atom is 0.106 e. The van der Waals surface area contributed by atoms with Gasteiger partial charge >= 0.3 is 0 Å². The van der Waals surface area contributed by atoms with Crippen molar-refractivity contribution in [3.63, 3.8) is 0 Å². The molecule has 0 amide bonds. The molecule has 5 heteroatoms. The Bertz CT molecular complexity index is 309. The van der Waals surface area contributed by atoms with Gasteiger partial charge < -0.3 is 20.4 Å². The highest BCUT2D eigenvalue weighted by Gasteiger charge is 2.15. The molecule has 0 aromatic carbocycles. The van der Waals surface area contributed by atoms with Crippen LogP contribution in [0.4, 0.5) is 0 Å². The zero-order chi connectivity index (χ0) is 12.6. The van der Waals surface area contributed by atoms with Gasteiger partial charge in [0.05, 0.1) is 13.2 Å². The highest BCUT2D eigenvalue weighted by molar-refractivity contribution is 4.87. The highest BCUT2D eigenvalue weighted by atomic mass is 16.5. The van der Waals surface area contributed by atoms with Crippen molar-refractivity contribution in [2.24, 2.45) is 0 Å². The summed E-state index contributed by atoms with van der Waals surface area (Å²) in [6.07, 6.45) is 6.94. The number of aromatic amines is 1. The number of aryl methyl sites for hydroxylation is 1. The average Bonchev–Trinajstić information content (AvgIpc) is 2.89. The van der Waals surface area contributed by atoms with E-state index in [0.717, 1.165) is 51.4 Å². The SMILES string of the molecule is CC(CC1COCCN1)NCCCc1ncc[nH]1. The molecule has 2 heterocycles. The minimum absolute atomic E-state index is 0.506. The Morgan fingerprint density at radius 3 is 3.28 bits per heavy atom. The van der Waals surface area contributed by atoms with Crippen LogP contribution in [0.25, 0.3) is 0 Å². The molecule has 0 saturated carbocycles. The Balaban J connectivity index is 1.52. The molecule has 2 rings (SSSR count). The lowest BCUT2D eigenvalue weighted by atomic mass is 10.1. The molecule has 1 aromatic heterocycles. The third-order valence-electron chi connectivity index (χ3n) is 3.27. The van der Waals surface area contributed by atoms with Gasteiger partial charge in [-0.2, -0.15) is 0 Å². The number of nitrogens with zero attached hydrogens (tertiary/aromatic N) is 1. The zero-order valence-electron chi connectivity index (χ0n) is 11.1. The Kier molecular flexibility index (Phi) is 5.64. The highest BCUT2D eigenvalue weighted by Crippen LogP contribution is 2.02. The molecule has 2 unspecified atom stereocenters. The summed E-state index contributed by atoms with van der Waals surface area (Å²) in [5, 5.41) is 7.04. The van der Waals surface area contributed by atoms with Crippen LogP contribution in [0.3, 0.4) is 0 Å². The summed E-state index contributed by atoms with van der Waals surface area (Å²) >= 11 is 0. The van der Waals surface area contributed by atoms with Gasteiger partial charge in [0.25, 0.3) is 0 Å². The predicted molar refractivity (Wildman–Crippen MR) is 71.6 cm³/mol. The molecular formula is C13H24N4O. The molecule has 2 atom stereocenters. The monoisotopic (exact) mass is 252 g/mol. The van der Waals surface area contributed by atoms with Gasteiger partial charge in [0.15, 0.2) is 0 Å². The second-order valence-electron chi connectivity index (χ2n) is 4.96. The third-order valence-corrected chi connectivity index (χ3v) is 3.27. The smallest absolute Gasteiger partial charge is 0.106 e. The first-order valence-electron chi connectivity index (χ1n) is 6.87. The van der Waals surface area contributed by atoms with Crippen molar-refractivity contribution < 1.29 is 4.74 Å². The molecule has 102 valence electrons. The van der Waals surface area contributed by atoms with Gasteiger partial charge in [-0.1, -0.05) is 0 Å². The van der Waals surface area contributed by atoms with E-state index in [0.29, 0.717) is 12.1 Å². The van der Waals surface area contributed by atoms with Gasteiger partial charge in [-0.25, -0.2) is 4.98 Å². The third kappa shape index (κ3) is 4.76. The van der Waals surface area contributed by atoms with E-state index in [9.17, 15) is 0 Å². The normalized spacial score (nSPS) is 21.9. The van der Waals surface area contributed by atoms with Crippen LogP contribution in [0.2, 0.25) is 0 Å². The second kappa shape index (κ2) is 7.51. The lowest BCUT2D eigenvalue weighted by Crippen LogP contribution is -2.45. The van der Waals surface area contributed by atoms with Crippen molar-refractivity contribution in [2.75, 3.05) is 26.3 Å². The first-order valence-corrected chi connectivity index (χ1v) is 6.87. The van der Waals surface area contributed by atoms with Crippen LogP contribution < -0.4 is 10.6 Å². The van der Waals surface area contributed by atoms with Crippen LogP contribution in [-0.4, -0.2) is 48.4 Å². The van der Waals surface area contributed by atoms with E-state index in [1.54, 1.807) is 6.20 Å². The van der Waals surface area contributed by atoms with Crippen LogP contribution >= 0.6 is 0 Å².